The SMILES string of the molecule is O=C(CN1C(=O)SC(=Cc2cccn2-c2ccc(F)cc2)C1=O)N1CCCC1. The largest absolute Gasteiger partial charge is 0.341 e. The van der Waals surface area contributed by atoms with Crippen molar-refractivity contribution in [2.75, 3.05) is 19.6 Å². The monoisotopic (exact) mass is 399 g/mol. The molecule has 8 heteroatoms. The first kappa shape index (κ1) is 18.5. The van der Waals surface area contributed by atoms with Crippen molar-refractivity contribution in [2.24, 2.45) is 0 Å². The van der Waals surface area contributed by atoms with Crippen molar-refractivity contribution < 1.29 is 18.8 Å². The fourth-order valence-corrected chi connectivity index (χ4v) is 4.14. The Morgan fingerprint density at radius 2 is 1.82 bits per heavy atom. The molecule has 1 aromatic heterocycles. The van der Waals surface area contributed by atoms with Crippen LogP contribution in [-0.2, 0) is 9.59 Å². The summed E-state index contributed by atoms with van der Waals surface area (Å²) in [5, 5.41) is -0.441. The van der Waals surface area contributed by atoms with Gasteiger partial charge in [0.25, 0.3) is 11.1 Å². The van der Waals surface area contributed by atoms with Gasteiger partial charge in [-0.15, -0.1) is 0 Å². The number of carbonyl (C=O) groups excluding carboxylic acids is 3. The van der Waals surface area contributed by atoms with E-state index in [4.69, 9.17) is 0 Å². The molecule has 2 aromatic rings. The lowest BCUT2D eigenvalue weighted by Crippen LogP contribution is -2.40. The Balaban J connectivity index is 1.54. The standard InChI is InChI=1S/C20H18FN3O3S/c21-14-5-7-15(8-6-14)23-11-3-4-16(23)12-17-19(26)24(20(27)28-17)13-18(25)22-9-1-2-10-22/h3-8,11-12H,1-2,9-10,13H2. The minimum absolute atomic E-state index is 0.198. The number of amides is 3. The van der Waals surface area contributed by atoms with E-state index >= 15 is 0 Å². The van der Waals surface area contributed by atoms with Crippen molar-refractivity contribution in [1.82, 2.24) is 14.4 Å². The highest BCUT2D eigenvalue weighted by atomic mass is 32.2. The van der Waals surface area contributed by atoms with Gasteiger partial charge in [-0.2, -0.15) is 0 Å². The summed E-state index contributed by atoms with van der Waals surface area (Å²) in [5.41, 5.74) is 1.42. The molecule has 2 saturated heterocycles. The van der Waals surface area contributed by atoms with Gasteiger partial charge in [-0.05, 0) is 67.1 Å². The first-order chi connectivity index (χ1) is 13.5. The fourth-order valence-electron chi connectivity index (χ4n) is 3.32. The van der Waals surface area contributed by atoms with E-state index in [9.17, 15) is 18.8 Å². The van der Waals surface area contributed by atoms with Crippen LogP contribution in [0.2, 0.25) is 0 Å². The molecule has 28 heavy (non-hydrogen) atoms. The van der Waals surface area contributed by atoms with Gasteiger partial charge >= 0.3 is 0 Å². The maximum Gasteiger partial charge on any atom is 0.294 e. The molecule has 6 nitrogen and oxygen atoms in total. The van der Waals surface area contributed by atoms with Crippen LogP contribution >= 0.6 is 11.8 Å². The van der Waals surface area contributed by atoms with Crippen molar-refractivity contribution in [3.63, 3.8) is 0 Å². The number of thioether (sulfide) groups is 1. The van der Waals surface area contributed by atoms with Crippen molar-refractivity contribution >= 4 is 34.9 Å². The lowest BCUT2D eigenvalue weighted by atomic mass is 10.3. The van der Waals surface area contributed by atoms with Gasteiger partial charge in [0.05, 0.1) is 4.91 Å². The van der Waals surface area contributed by atoms with Crippen LogP contribution in [0.5, 0.6) is 0 Å². The van der Waals surface area contributed by atoms with Gasteiger partial charge < -0.3 is 9.47 Å². The molecule has 144 valence electrons. The first-order valence-electron chi connectivity index (χ1n) is 8.99. The quantitative estimate of drug-likeness (QED) is 0.741. The van der Waals surface area contributed by atoms with Crippen LogP contribution in [0.3, 0.4) is 0 Å². The molecule has 1 aromatic carbocycles. The number of aromatic nitrogens is 1. The van der Waals surface area contributed by atoms with Gasteiger partial charge in [-0.25, -0.2) is 4.39 Å². The second-order valence-corrected chi connectivity index (χ2v) is 7.63. The maximum absolute atomic E-state index is 13.2. The Morgan fingerprint density at radius 3 is 2.54 bits per heavy atom. The molecular weight excluding hydrogens is 381 g/mol. The highest BCUT2D eigenvalue weighted by Crippen LogP contribution is 2.32. The summed E-state index contributed by atoms with van der Waals surface area (Å²) in [6.07, 6.45) is 5.32. The Hall–Kier alpha value is -2.87. The highest BCUT2D eigenvalue weighted by molar-refractivity contribution is 8.18. The fraction of sp³-hybridized carbons (Fsp3) is 0.250. The predicted octanol–water partition coefficient (Wildman–Crippen LogP) is 3.28. The van der Waals surface area contributed by atoms with Crippen LogP contribution in [-0.4, -0.2) is 51.1 Å². The molecule has 3 heterocycles. The van der Waals surface area contributed by atoms with Gasteiger partial charge in [0.1, 0.15) is 12.4 Å². The molecule has 2 aliphatic heterocycles. The van der Waals surface area contributed by atoms with Gasteiger partial charge in [0, 0.05) is 30.7 Å². The molecule has 0 saturated carbocycles. The van der Waals surface area contributed by atoms with Crippen LogP contribution in [0.25, 0.3) is 11.8 Å². The smallest absolute Gasteiger partial charge is 0.294 e. The van der Waals surface area contributed by atoms with Crippen molar-refractivity contribution in [3.8, 4) is 5.69 Å². The third kappa shape index (κ3) is 3.60. The topological polar surface area (TPSA) is 62.6 Å². The molecule has 0 N–H and O–H groups in total. The molecule has 0 radical (unpaired) electrons. The zero-order chi connectivity index (χ0) is 19.7. The Bertz CT molecular complexity index is 961. The third-order valence-corrected chi connectivity index (χ3v) is 5.70. The maximum atomic E-state index is 13.2. The summed E-state index contributed by atoms with van der Waals surface area (Å²) in [6.45, 7) is 1.13. The molecule has 2 aliphatic rings. The van der Waals surface area contributed by atoms with E-state index in [0.29, 0.717) is 18.8 Å². The molecule has 4 rings (SSSR count). The average molecular weight is 399 g/mol. The van der Waals surface area contributed by atoms with E-state index in [2.05, 4.69) is 0 Å². The predicted molar refractivity (Wildman–Crippen MR) is 104 cm³/mol. The summed E-state index contributed by atoms with van der Waals surface area (Å²) >= 11 is 0.825. The van der Waals surface area contributed by atoms with E-state index in [-0.39, 0.29) is 23.2 Å². The lowest BCUT2D eigenvalue weighted by Gasteiger charge is -2.18. The number of benzene rings is 1. The number of hydrogen-bond donors (Lipinski definition) is 0. The van der Waals surface area contributed by atoms with Gasteiger partial charge in [0.15, 0.2) is 0 Å². The number of rotatable bonds is 4. The molecule has 2 fully saturated rings. The molecular formula is C20H18FN3O3S. The summed E-state index contributed by atoms with van der Waals surface area (Å²) in [6, 6.07) is 9.58. The van der Waals surface area contributed by atoms with E-state index in [1.165, 1.54) is 12.1 Å². The Kier molecular flexibility index (Phi) is 5.04. The highest BCUT2D eigenvalue weighted by Gasteiger charge is 2.37. The zero-order valence-electron chi connectivity index (χ0n) is 15.0. The Labute approximate surface area is 165 Å². The van der Waals surface area contributed by atoms with Gasteiger partial charge in [-0.3, -0.25) is 19.3 Å². The van der Waals surface area contributed by atoms with Crippen molar-refractivity contribution in [2.45, 2.75) is 12.8 Å². The number of hydrogen-bond acceptors (Lipinski definition) is 4. The van der Waals surface area contributed by atoms with E-state index in [1.807, 2.05) is 0 Å². The molecule has 0 unspecified atom stereocenters. The molecule has 0 atom stereocenters. The van der Waals surface area contributed by atoms with E-state index < -0.39 is 11.1 Å². The number of nitrogens with zero attached hydrogens (tertiary/aromatic N) is 3. The minimum Gasteiger partial charge on any atom is -0.341 e. The van der Waals surface area contributed by atoms with Crippen molar-refractivity contribution in [3.05, 3.63) is 59.0 Å². The van der Waals surface area contributed by atoms with Crippen LogP contribution < -0.4 is 0 Å². The molecule has 0 spiro atoms. The number of likely N-dealkylation sites (tertiary alicyclic amines) is 1. The van der Waals surface area contributed by atoms with Gasteiger partial charge in [-0.1, -0.05) is 0 Å². The first-order valence-corrected chi connectivity index (χ1v) is 9.81. The van der Waals surface area contributed by atoms with E-state index in [1.54, 1.807) is 46.0 Å². The Morgan fingerprint density at radius 1 is 1.11 bits per heavy atom. The number of imide groups is 1. The summed E-state index contributed by atoms with van der Waals surface area (Å²) in [5.74, 6) is -0.994. The van der Waals surface area contributed by atoms with Gasteiger partial charge in [0.2, 0.25) is 5.91 Å². The zero-order valence-corrected chi connectivity index (χ0v) is 15.8. The molecule has 3 amide bonds. The second-order valence-electron chi connectivity index (χ2n) is 6.64. The van der Waals surface area contributed by atoms with Crippen LogP contribution in [0, 0.1) is 5.82 Å². The number of carbonyl (C=O) groups is 3. The third-order valence-electron chi connectivity index (χ3n) is 4.79. The summed E-state index contributed by atoms with van der Waals surface area (Å²) in [7, 11) is 0. The second kappa shape index (κ2) is 7.63. The lowest BCUT2D eigenvalue weighted by molar-refractivity contribution is -0.135. The summed E-state index contributed by atoms with van der Waals surface area (Å²) < 4.78 is 15.0. The summed E-state index contributed by atoms with van der Waals surface area (Å²) in [4.78, 5) is 40.2. The molecule has 0 bridgehead atoms. The van der Waals surface area contributed by atoms with E-state index in [0.717, 1.165) is 35.2 Å². The average Bonchev–Trinajstić information content (AvgIpc) is 3.41. The van der Waals surface area contributed by atoms with Crippen LogP contribution in [0.1, 0.15) is 18.5 Å². The molecule has 0 aliphatic carbocycles. The normalized spacial score (nSPS) is 18.5. The number of halogens is 1. The van der Waals surface area contributed by atoms with Crippen LogP contribution in [0.15, 0.2) is 47.5 Å². The minimum atomic E-state index is -0.464. The van der Waals surface area contributed by atoms with Crippen LogP contribution in [0.4, 0.5) is 9.18 Å². The van der Waals surface area contributed by atoms with Crippen molar-refractivity contribution in [1.29, 1.82) is 0 Å².